The quantitative estimate of drug-likeness (QED) is 0.744. The minimum Gasteiger partial charge on any atom is -0.481 e. The van der Waals surface area contributed by atoms with Gasteiger partial charge in [0.25, 0.3) is 0 Å². The van der Waals surface area contributed by atoms with Crippen LogP contribution in [0.15, 0.2) is 0 Å². The molecular weight excluding hydrogens is 234 g/mol. The molecule has 4 unspecified atom stereocenters. The molecule has 1 N–H and O–H groups in total. The Morgan fingerprint density at radius 1 is 1.00 bits per heavy atom. The third-order valence-electron chi connectivity index (χ3n) is 4.73. The lowest BCUT2D eigenvalue weighted by Crippen LogP contribution is -2.50. The fourth-order valence-electron chi connectivity index (χ4n) is 3.71. The lowest BCUT2D eigenvalue weighted by molar-refractivity contribution is -0.156. The van der Waals surface area contributed by atoms with Crippen molar-refractivity contribution in [2.75, 3.05) is 0 Å². The topological polar surface area (TPSA) is 74.7 Å². The van der Waals surface area contributed by atoms with Gasteiger partial charge in [-0.2, -0.15) is 0 Å². The van der Waals surface area contributed by atoms with Crippen LogP contribution >= 0.6 is 0 Å². The second kappa shape index (κ2) is 4.07. The van der Waals surface area contributed by atoms with Gasteiger partial charge in [-0.1, -0.05) is 0 Å². The van der Waals surface area contributed by atoms with E-state index in [4.69, 9.17) is 5.11 Å². The molecule has 1 saturated heterocycles. The SMILES string of the molecule is O=C(O)C1CCC(N2C(=O)C3CCC(C3)C2=O)C1. The molecule has 0 aromatic carbocycles. The zero-order chi connectivity index (χ0) is 12.9. The minimum absolute atomic E-state index is 0.0107. The maximum absolute atomic E-state index is 12.2. The summed E-state index contributed by atoms with van der Waals surface area (Å²) in [5.41, 5.74) is 0. The zero-order valence-corrected chi connectivity index (χ0v) is 10.2. The standard InChI is InChI=1S/C13H17NO4/c15-11-7-1-2-8(5-7)12(16)14(11)10-4-3-9(6-10)13(17)18/h7-10H,1-6H2,(H,17,18). The third-order valence-corrected chi connectivity index (χ3v) is 4.73. The second-order valence-electron chi connectivity index (χ2n) is 5.76. The Hall–Kier alpha value is -1.39. The molecule has 2 bridgehead atoms. The van der Waals surface area contributed by atoms with Crippen LogP contribution in [0.2, 0.25) is 0 Å². The number of nitrogens with zero attached hydrogens (tertiary/aromatic N) is 1. The number of rotatable bonds is 2. The zero-order valence-electron chi connectivity index (χ0n) is 10.2. The highest BCUT2D eigenvalue weighted by atomic mass is 16.4. The largest absolute Gasteiger partial charge is 0.481 e. The predicted molar refractivity (Wildman–Crippen MR) is 61.4 cm³/mol. The number of carboxylic acids is 1. The number of hydrogen-bond acceptors (Lipinski definition) is 3. The van der Waals surface area contributed by atoms with Gasteiger partial charge in [-0.15, -0.1) is 0 Å². The molecule has 0 radical (unpaired) electrons. The number of carbonyl (C=O) groups is 3. The highest BCUT2D eigenvalue weighted by Crippen LogP contribution is 2.41. The van der Waals surface area contributed by atoms with Crippen LogP contribution < -0.4 is 0 Å². The van der Waals surface area contributed by atoms with E-state index in [0.717, 1.165) is 12.8 Å². The van der Waals surface area contributed by atoms with Gasteiger partial charge >= 0.3 is 5.97 Å². The molecule has 98 valence electrons. The van der Waals surface area contributed by atoms with Crippen LogP contribution in [-0.4, -0.2) is 33.8 Å². The van der Waals surface area contributed by atoms with E-state index in [1.165, 1.54) is 4.90 Å². The summed E-state index contributed by atoms with van der Waals surface area (Å²) in [5.74, 6) is -1.28. The summed E-state index contributed by atoms with van der Waals surface area (Å²) in [7, 11) is 0. The van der Waals surface area contributed by atoms with Crippen LogP contribution in [-0.2, 0) is 14.4 Å². The van der Waals surface area contributed by atoms with Crippen LogP contribution in [0.5, 0.6) is 0 Å². The van der Waals surface area contributed by atoms with Crippen LogP contribution in [0.1, 0.15) is 38.5 Å². The molecular formula is C13H17NO4. The summed E-state index contributed by atoms with van der Waals surface area (Å²) in [6.45, 7) is 0. The van der Waals surface area contributed by atoms with Crippen molar-refractivity contribution in [3.05, 3.63) is 0 Å². The van der Waals surface area contributed by atoms with Gasteiger partial charge in [0.2, 0.25) is 11.8 Å². The Kier molecular flexibility index (Phi) is 2.64. The van der Waals surface area contributed by atoms with Crippen LogP contribution in [0.3, 0.4) is 0 Å². The third kappa shape index (κ3) is 1.64. The first-order valence-corrected chi connectivity index (χ1v) is 6.67. The molecule has 0 aromatic heterocycles. The Bertz CT molecular complexity index is 397. The number of aliphatic carboxylic acids is 1. The van der Waals surface area contributed by atoms with Crippen molar-refractivity contribution < 1.29 is 19.5 Å². The van der Waals surface area contributed by atoms with Gasteiger partial charge in [0.1, 0.15) is 0 Å². The summed E-state index contributed by atoms with van der Waals surface area (Å²) < 4.78 is 0. The maximum atomic E-state index is 12.2. The van der Waals surface area contributed by atoms with Crippen molar-refractivity contribution in [2.24, 2.45) is 17.8 Å². The van der Waals surface area contributed by atoms with E-state index in [1.807, 2.05) is 0 Å². The van der Waals surface area contributed by atoms with E-state index < -0.39 is 11.9 Å². The Labute approximate surface area is 105 Å². The first kappa shape index (κ1) is 11.7. The van der Waals surface area contributed by atoms with Gasteiger partial charge < -0.3 is 5.11 Å². The molecule has 0 spiro atoms. The molecule has 3 fully saturated rings. The molecule has 1 heterocycles. The lowest BCUT2D eigenvalue weighted by atomic mass is 9.95. The molecule has 2 aliphatic carbocycles. The van der Waals surface area contributed by atoms with Gasteiger partial charge in [0.05, 0.1) is 5.92 Å². The Morgan fingerprint density at radius 3 is 2.11 bits per heavy atom. The van der Waals surface area contributed by atoms with Gasteiger partial charge in [-0.25, -0.2) is 0 Å². The fourth-order valence-corrected chi connectivity index (χ4v) is 3.71. The smallest absolute Gasteiger partial charge is 0.306 e. The molecule has 4 atom stereocenters. The molecule has 1 aliphatic heterocycles. The van der Waals surface area contributed by atoms with E-state index in [1.54, 1.807) is 0 Å². The van der Waals surface area contributed by atoms with Gasteiger partial charge in [-0.3, -0.25) is 19.3 Å². The number of carbonyl (C=O) groups excluding carboxylic acids is 2. The van der Waals surface area contributed by atoms with Crippen LogP contribution in [0, 0.1) is 17.8 Å². The molecule has 5 nitrogen and oxygen atoms in total. The van der Waals surface area contributed by atoms with E-state index in [9.17, 15) is 14.4 Å². The molecule has 0 aromatic rings. The normalized spacial score (nSPS) is 39.4. The number of fused-ring (bicyclic) bond motifs is 2. The Morgan fingerprint density at radius 2 is 1.61 bits per heavy atom. The van der Waals surface area contributed by atoms with Crippen molar-refractivity contribution in [3.8, 4) is 0 Å². The molecule has 3 aliphatic rings. The molecule has 18 heavy (non-hydrogen) atoms. The van der Waals surface area contributed by atoms with Crippen LogP contribution in [0.4, 0.5) is 0 Å². The number of carboxylic acid groups (broad SMARTS) is 1. The van der Waals surface area contributed by atoms with Crippen LogP contribution in [0.25, 0.3) is 0 Å². The number of amides is 2. The lowest BCUT2D eigenvalue weighted by Gasteiger charge is -2.34. The first-order valence-electron chi connectivity index (χ1n) is 6.67. The fraction of sp³-hybridized carbons (Fsp3) is 0.769. The van der Waals surface area contributed by atoms with E-state index in [2.05, 4.69) is 0 Å². The van der Waals surface area contributed by atoms with Crippen molar-refractivity contribution >= 4 is 17.8 Å². The minimum atomic E-state index is -0.808. The second-order valence-corrected chi connectivity index (χ2v) is 5.76. The number of imide groups is 1. The van der Waals surface area contributed by atoms with Crippen molar-refractivity contribution in [3.63, 3.8) is 0 Å². The summed E-state index contributed by atoms with van der Waals surface area (Å²) in [4.78, 5) is 36.8. The van der Waals surface area contributed by atoms with Gasteiger partial charge in [0.15, 0.2) is 0 Å². The first-order chi connectivity index (χ1) is 8.58. The summed E-state index contributed by atoms with van der Waals surface area (Å²) in [5, 5.41) is 8.99. The monoisotopic (exact) mass is 251 g/mol. The summed E-state index contributed by atoms with van der Waals surface area (Å²) in [6, 6.07) is -0.172. The Balaban J connectivity index is 1.78. The van der Waals surface area contributed by atoms with E-state index >= 15 is 0 Å². The average Bonchev–Trinajstić information content (AvgIpc) is 2.95. The van der Waals surface area contributed by atoms with Gasteiger partial charge in [-0.05, 0) is 38.5 Å². The highest BCUT2D eigenvalue weighted by Gasteiger charge is 2.49. The van der Waals surface area contributed by atoms with E-state index in [0.29, 0.717) is 25.7 Å². The molecule has 5 heteroatoms. The van der Waals surface area contributed by atoms with Crippen molar-refractivity contribution in [2.45, 2.75) is 44.6 Å². The summed E-state index contributed by atoms with van der Waals surface area (Å²) in [6.07, 6.45) is 4.01. The highest BCUT2D eigenvalue weighted by molar-refractivity contribution is 6.01. The molecule has 2 saturated carbocycles. The number of likely N-dealkylation sites (tertiary alicyclic amines) is 1. The molecule has 2 amide bonds. The predicted octanol–water partition coefficient (Wildman–Crippen LogP) is 1.02. The average molecular weight is 251 g/mol. The van der Waals surface area contributed by atoms with Crippen molar-refractivity contribution in [1.29, 1.82) is 0 Å². The maximum Gasteiger partial charge on any atom is 0.306 e. The van der Waals surface area contributed by atoms with E-state index in [-0.39, 0.29) is 29.7 Å². The van der Waals surface area contributed by atoms with Gasteiger partial charge in [0, 0.05) is 17.9 Å². The number of piperidine rings is 1. The van der Waals surface area contributed by atoms with Crippen molar-refractivity contribution in [1.82, 2.24) is 4.90 Å². The number of hydrogen-bond donors (Lipinski definition) is 1. The summed E-state index contributed by atoms with van der Waals surface area (Å²) >= 11 is 0. The molecule has 3 rings (SSSR count).